The minimum Gasteiger partial charge on any atom is -0.351 e. The Morgan fingerprint density at radius 1 is 0.926 bits per heavy atom. The Morgan fingerprint density at radius 3 is 2.26 bits per heavy atom. The van der Waals surface area contributed by atoms with Crippen molar-refractivity contribution >= 4 is 29.2 Å². The third-order valence-corrected chi connectivity index (χ3v) is 4.52. The van der Waals surface area contributed by atoms with Gasteiger partial charge in [-0.15, -0.1) is 0 Å². The molecule has 1 heterocycles. The number of carbonyl (C=O) groups excluding carboxylic acids is 3. The number of hydrogen-bond acceptors (Lipinski definition) is 3. The molecule has 1 fully saturated rings. The standard InChI is InChI=1S/C20H22N4O3/c21-20(27)23-17-10-8-14(9-11-17)19(26)24-12-4-5-15(13-24)18(25)22-16-6-2-1-3-7-16/h1-3,6-11,15H,4-5,12-13H2,(H,22,25)(H3,21,23,27). The number of benzene rings is 2. The Hall–Kier alpha value is -3.35. The van der Waals surface area contributed by atoms with Crippen LogP contribution in [0, 0.1) is 5.92 Å². The van der Waals surface area contributed by atoms with Crippen LogP contribution in [0.25, 0.3) is 0 Å². The first-order valence-corrected chi connectivity index (χ1v) is 8.84. The quantitative estimate of drug-likeness (QED) is 0.775. The van der Waals surface area contributed by atoms with Gasteiger partial charge in [0.25, 0.3) is 5.91 Å². The summed E-state index contributed by atoms with van der Waals surface area (Å²) in [6, 6.07) is 15.2. The Balaban J connectivity index is 1.62. The van der Waals surface area contributed by atoms with Gasteiger partial charge in [0.1, 0.15) is 0 Å². The smallest absolute Gasteiger partial charge is 0.316 e. The van der Waals surface area contributed by atoms with E-state index in [1.165, 1.54) is 0 Å². The number of hydrogen-bond donors (Lipinski definition) is 3. The highest BCUT2D eigenvalue weighted by Crippen LogP contribution is 2.21. The molecule has 2 aromatic carbocycles. The van der Waals surface area contributed by atoms with Gasteiger partial charge in [0.15, 0.2) is 0 Å². The number of para-hydroxylation sites is 1. The van der Waals surface area contributed by atoms with E-state index < -0.39 is 6.03 Å². The van der Waals surface area contributed by atoms with Crippen LogP contribution in [0.2, 0.25) is 0 Å². The zero-order chi connectivity index (χ0) is 19.2. The second kappa shape index (κ2) is 8.35. The molecule has 0 saturated carbocycles. The minimum absolute atomic E-state index is 0.0697. The molecule has 2 aromatic rings. The Kier molecular flexibility index (Phi) is 5.71. The molecule has 140 valence electrons. The van der Waals surface area contributed by atoms with E-state index in [0.717, 1.165) is 18.5 Å². The van der Waals surface area contributed by atoms with Crippen molar-refractivity contribution < 1.29 is 14.4 Å². The summed E-state index contributed by atoms with van der Waals surface area (Å²) in [5, 5.41) is 5.36. The normalized spacial score (nSPS) is 16.4. The molecule has 1 unspecified atom stereocenters. The van der Waals surface area contributed by atoms with Crippen LogP contribution < -0.4 is 16.4 Å². The lowest BCUT2D eigenvalue weighted by Gasteiger charge is -2.32. The summed E-state index contributed by atoms with van der Waals surface area (Å²) in [4.78, 5) is 37.8. The van der Waals surface area contributed by atoms with Gasteiger partial charge >= 0.3 is 6.03 Å². The molecule has 7 heteroatoms. The number of likely N-dealkylation sites (tertiary alicyclic amines) is 1. The van der Waals surface area contributed by atoms with Crippen LogP contribution in [-0.2, 0) is 4.79 Å². The number of urea groups is 1. The number of piperidine rings is 1. The van der Waals surface area contributed by atoms with Crippen LogP contribution >= 0.6 is 0 Å². The van der Waals surface area contributed by atoms with Crippen molar-refractivity contribution in [1.82, 2.24) is 4.90 Å². The van der Waals surface area contributed by atoms with Gasteiger partial charge < -0.3 is 21.3 Å². The van der Waals surface area contributed by atoms with Crippen molar-refractivity contribution in [1.29, 1.82) is 0 Å². The second-order valence-corrected chi connectivity index (χ2v) is 6.51. The molecule has 1 atom stereocenters. The minimum atomic E-state index is -0.655. The average Bonchev–Trinajstić information content (AvgIpc) is 2.68. The molecule has 7 nitrogen and oxygen atoms in total. The summed E-state index contributed by atoms with van der Waals surface area (Å²) in [6.07, 6.45) is 1.53. The summed E-state index contributed by atoms with van der Waals surface area (Å²) in [6.45, 7) is 1.01. The molecule has 0 aliphatic carbocycles. The molecule has 4 amide bonds. The van der Waals surface area contributed by atoms with Crippen molar-refractivity contribution in [2.75, 3.05) is 23.7 Å². The molecular formula is C20H22N4O3. The molecule has 27 heavy (non-hydrogen) atoms. The van der Waals surface area contributed by atoms with Crippen molar-refractivity contribution in [3.63, 3.8) is 0 Å². The molecule has 0 aromatic heterocycles. The predicted octanol–water partition coefficient (Wildman–Crippen LogP) is 2.67. The fourth-order valence-corrected chi connectivity index (χ4v) is 3.16. The number of nitrogens with one attached hydrogen (secondary N) is 2. The van der Waals surface area contributed by atoms with Crippen LogP contribution in [0.3, 0.4) is 0 Å². The number of amides is 4. The van der Waals surface area contributed by atoms with Gasteiger partial charge in [-0.2, -0.15) is 0 Å². The van der Waals surface area contributed by atoms with E-state index in [9.17, 15) is 14.4 Å². The molecule has 1 aliphatic heterocycles. The van der Waals surface area contributed by atoms with Crippen LogP contribution in [0.1, 0.15) is 23.2 Å². The Labute approximate surface area is 157 Å². The van der Waals surface area contributed by atoms with Gasteiger partial charge in [0.05, 0.1) is 5.92 Å². The molecule has 3 rings (SSSR count). The molecule has 0 bridgehead atoms. The van der Waals surface area contributed by atoms with Gasteiger partial charge in [0, 0.05) is 30.0 Å². The number of anilines is 2. The van der Waals surface area contributed by atoms with E-state index in [2.05, 4.69) is 10.6 Å². The van der Waals surface area contributed by atoms with E-state index in [-0.39, 0.29) is 17.7 Å². The lowest BCUT2D eigenvalue weighted by atomic mass is 9.96. The van der Waals surface area contributed by atoms with Gasteiger partial charge in [-0.3, -0.25) is 9.59 Å². The first-order valence-electron chi connectivity index (χ1n) is 8.84. The number of nitrogens with zero attached hydrogens (tertiary/aromatic N) is 1. The van der Waals surface area contributed by atoms with Gasteiger partial charge in [-0.1, -0.05) is 18.2 Å². The monoisotopic (exact) mass is 366 g/mol. The summed E-state index contributed by atoms with van der Waals surface area (Å²) < 4.78 is 0. The first kappa shape index (κ1) is 18.4. The summed E-state index contributed by atoms with van der Waals surface area (Å²) in [5.74, 6) is -0.434. The van der Waals surface area contributed by atoms with Crippen LogP contribution in [0.15, 0.2) is 54.6 Å². The van der Waals surface area contributed by atoms with Crippen LogP contribution in [0.5, 0.6) is 0 Å². The predicted molar refractivity (Wildman–Crippen MR) is 103 cm³/mol. The molecule has 0 spiro atoms. The first-order chi connectivity index (χ1) is 13.0. The SMILES string of the molecule is NC(=O)Nc1ccc(C(=O)N2CCCC(C(=O)Nc3ccccc3)C2)cc1. The van der Waals surface area contributed by atoms with Crippen LogP contribution in [0.4, 0.5) is 16.2 Å². The lowest BCUT2D eigenvalue weighted by Crippen LogP contribution is -2.43. The summed E-state index contributed by atoms with van der Waals surface area (Å²) >= 11 is 0. The fourth-order valence-electron chi connectivity index (χ4n) is 3.16. The van der Waals surface area contributed by atoms with E-state index in [0.29, 0.717) is 24.3 Å². The Morgan fingerprint density at radius 2 is 1.59 bits per heavy atom. The van der Waals surface area contributed by atoms with Gasteiger partial charge in [-0.25, -0.2) is 4.79 Å². The lowest BCUT2D eigenvalue weighted by molar-refractivity contribution is -0.121. The van der Waals surface area contributed by atoms with E-state index in [4.69, 9.17) is 5.73 Å². The maximum Gasteiger partial charge on any atom is 0.316 e. The van der Waals surface area contributed by atoms with Gasteiger partial charge in [-0.05, 0) is 49.2 Å². The summed E-state index contributed by atoms with van der Waals surface area (Å²) in [5.41, 5.74) is 6.86. The molecule has 1 aliphatic rings. The zero-order valence-electron chi connectivity index (χ0n) is 14.9. The molecule has 4 N–H and O–H groups in total. The zero-order valence-corrected chi connectivity index (χ0v) is 14.9. The largest absolute Gasteiger partial charge is 0.351 e. The Bertz CT molecular complexity index is 821. The molecule has 1 saturated heterocycles. The third-order valence-electron chi connectivity index (χ3n) is 4.52. The van der Waals surface area contributed by atoms with E-state index >= 15 is 0 Å². The highest BCUT2D eigenvalue weighted by Gasteiger charge is 2.29. The maximum atomic E-state index is 12.7. The maximum absolute atomic E-state index is 12.7. The fraction of sp³-hybridized carbons (Fsp3) is 0.250. The van der Waals surface area contributed by atoms with Crippen molar-refractivity contribution in [3.05, 3.63) is 60.2 Å². The van der Waals surface area contributed by atoms with E-state index in [1.807, 2.05) is 30.3 Å². The molecular weight excluding hydrogens is 344 g/mol. The molecule has 0 radical (unpaired) electrons. The van der Waals surface area contributed by atoms with Crippen molar-refractivity contribution in [2.45, 2.75) is 12.8 Å². The van der Waals surface area contributed by atoms with E-state index in [1.54, 1.807) is 29.2 Å². The van der Waals surface area contributed by atoms with Crippen molar-refractivity contribution in [3.8, 4) is 0 Å². The summed E-state index contributed by atoms with van der Waals surface area (Å²) in [7, 11) is 0. The van der Waals surface area contributed by atoms with Crippen LogP contribution in [-0.4, -0.2) is 35.8 Å². The highest BCUT2D eigenvalue weighted by atomic mass is 16.2. The highest BCUT2D eigenvalue weighted by molar-refractivity contribution is 5.97. The van der Waals surface area contributed by atoms with Gasteiger partial charge in [0.2, 0.25) is 5.91 Å². The number of rotatable bonds is 4. The van der Waals surface area contributed by atoms with Crippen molar-refractivity contribution in [2.24, 2.45) is 11.7 Å². The number of nitrogens with two attached hydrogens (primary N) is 1. The second-order valence-electron chi connectivity index (χ2n) is 6.51. The average molecular weight is 366 g/mol. The third kappa shape index (κ3) is 4.84. The number of carbonyl (C=O) groups is 3. The number of primary amides is 1. The topological polar surface area (TPSA) is 105 Å².